The minimum Gasteiger partial charge on any atom is -0.361 e. The van der Waals surface area contributed by atoms with Crippen molar-refractivity contribution in [2.24, 2.45) is 4.99 Å². The lowest BCUT2D eigenvalue weighted by Gasteiger charge is -2.17. The van der Waals surface area contributed by atoms with E-state index in [1.165, 1.54) is 17.7 Å². The van der Waals surface area contributed by atoms with Crippen LogP contribution in [0.2, 0.25) is 0 Å². The van der Waals surface area contributed by atoms with Crippen molar-refractivity contribution in [1.29, 1.82) is 0 Å². The number of rotatable bonds is 9. The van der Waals surface area contributed by atoms with E-state index >= 15 is 0 Å². The van der Waals surface area contributed by atoms with E-state index < -0.39 is 0 Å². The van der Waals surface area contributed by atoms with Crippen LogP contribution in [0.15, 0.2) is 29.4 Å². The minimum absolute atomic E-state index is 0. The molecular formula is C19H31FIN5. The fourth-order valence-electron chi connectivity index (χ4n) is 2.87. The van der Waals surface area contributed by atoms with Crippen LogP contribution < -0.4 is 10.6 Å². The van der Waals surface area contributed by atoms with Crippen molar-refractivity contribution < 1.29 is 4.39 Å². The first-order chi connectivity index (χ1) is 12.2. The van der Waals surface area contributed by atoms with E-state index in [2.05, 4.69) is 46.3 Å². The molecule has 0 saturated carbocycles. The van der Waals surface area contributed by atoms with Crippen molar-refractivity contribution >= 4 is 40.8 Å². The summed E-state index contributed by atoms with van der Waals surface area (Å²) in [5, 5.41) is 7.73. The molecule has 2 aromatic rings. The summed E-state index contributed by atoms with van der Waals surface area (Å²) in [6.45, 7) is 11.9. The zero-order valence-corrected chi connectivity index (χ0v) is 18.3. The van der Waals surface area contributed by atoms with E-state index in [4.69, 9.17) is 0 Å². The molecule has 0 bridgehead atoms. The molecule has 5 nitrogen and oxygen atoms in total. The Bertz CT molecular complexity index is 682. The summed E-state index contributed by atoms with van der Waals surface area (Å²) in [4.78, 5) is 10.1. The lowest BCUT2D eigenvalue weighted by Crippen LogP contribution is -2.39. The number of H-pyrrole nitrogens is 1. The van der Waals surface area contributed by atoms with Gasteiger partial charge in [-0.1, -0.05) is 13.8 Å². The van der Waals surface area contributed by atoms with Crippen molar-refractivity contribution in [3.05, 3.63) is 35.8 Å². The smallest absolute Gasteiger partial charge is 0.191 e. The van der Waals surface area contributed by atoms with Crippen LogP contribution in [-0.2, 0) is 6.42 Å². The van der Waals surface area contributed by atoms with E-state index in [0.717, 1.165) is 62.6 Å². The lowest BCUT2D eigenvalue weighted by atomic mass is 10.1. The van der Waals surface area contributed by atoms with Crippen molar-refractivity contribution in [2.75, 3.05) is 39.3 Å². The van der Waals surface area contributed by atoms with Gasteiger partial charge in [0.2, 0.25) is 0 Å². The summed E-state index contributed by atoms with van der Waals surface area (Å²) >= 11 is 0. The van der Waals surface area contributed by atoms with Gasteiger partial charge in [-0.2, -0.15) is 0 Å². The van der Waals surface area contributed by atoms with Crippen LogP contribution in [0.25, 0.3) is 10.9 Å². The molecule has 0 saturated heterocycles. The Kier molecular flexibility index (Phi) is 10.6. The Hall–Kier alpha value is -1.35. The summed E-state index contributed by atoms with van der Waals surface area (Å²) < 4.78 is 13.3. The van der Waals surface area contributed by atoms with Crippen LogP contribution in [0.1, 0.15) is 26.3 Å². The molecule has 7 heteroatoms. The Balaban J connectivity index is 0.00000338. The van der Waals surface area contributed by atoms with Crippen LogP contribution in [0.3, 0.4) is 0 Å². The topological polar surface area (TPSA) is 55.5 Å². The average Bonchev–Trinajstić information content (AvgIpc) is 3.00. The van der Waals surface area contributed by atoms with Gasteiger partial charge in [0.15, 0.2) is 5.96 Å². The highest BCUT2D eigenvalue weighted by atomic mass is 127. The monoisotopic (exact) mass is 475 g/mol. The average molecular weight is 475 g/mol. The number of benzene rings is 1. The third-order valence-corrected chi connectivity index (χ3v) is 4.34. The minimum atomic E-state index is -0.214. The number of guanidine groups is 1. The first-order valence-electron chi connectivity index (χ1n) is 9.17. The van der Waals surface area contributed by atoms with Gasteiger partial charge in [-0.05, 0) is 50.2 Å². The highest BCUT2D eigenvalue weighted by Gasteiger charge is 2.05. The second-order valence-corrected chi connectivity index (χ2v) is 5.97. The van der Waals surface area contributed by atoms with Gasteiger partial charge in [0.05, 0.1) is 6.54 Å². The molecule has 2 rings (SSSR count). The van der Waals surface area contributed by atoms with Gasteiger partial charge >= 0.3 is 0 Å². The number of likely N-dealkylation sites (N-methyl/N-ethyl adjacent to an activating group) is 1. The number of hydrogen-bond acceptors (Lipinski definition) is 2. The quantitative estimate of drug-likeness (QED) is 0.296. The van der Waals surface area contributed by atoms with Crippen LogP contribution >= 0.6 is 24.0 Å². The summed E-state index contributed by atoms with van der Waals surface area (Å²) in [5.41, 5.74) is 2.02. The second-order valence-electron chi connectivity index (χ2n) is 5.97. The second kappa shape index (κ2) is 12.1. The third kappa shape index (κ3) is 6.75. The molecule has 0 aliphatic heterocycles. The van der Waals surface area contributed by atoms with Gasteiger partial charge in [-0.15, -0.1) is 24.0 Å². The molecule has 1 aromatic heterocycles. The molecule has 0 fully saturated rings. The predicted molar refractivity (Wildman–Crippen MR) is 119 cm³/mol. The van der Waals surface area contributed by atoms with E-state index in [9.17, 15) is 4.39 Å². The van der Waals surface area contributed by atoms with Crippen LogP contribution in [0, 0.1) is 5.82 Å². The summed E-state index contributed by atoms with van der Waals surface area (Å²) in [6, 6.07) is 4.87. The van der Waals surface area contributed by atoms with Crippen LogP contribution in [0.4, 0.5) is 4.39 Å². The van der Waals surface area contributed by atoms with Gasteiger partial charge < -0.3 is 20.5 Å². The molecule has 0 atom stereocenters. The van der Waals surface area contributed by atoms with Gasteiger partial charge in [-0.25, -0.2) is 4.39 Å². The zero-order valence-electron chi connectivity index (χ0n) is 15.9. The fourth-order valence-corrected chi connectivity index (χ4v) is 2.87. The molecule has 0 aliphatic rings. The normalized spacial score (nSPS) is 11.7. The molecule has 1 aromatic carbocycles. The molecule has 3 N–H and O–H groups in total. The maximum atomic E-state index is 13.3. The van der Waals surface area contributed by atoms with Crippen molar-refractivity contribution in [2.45, 2.75) is 27.2 Å². The molecule has 1 heterocycles. The number of nitrogens with one attached hydrogen (secondary N) is 3. The number of aromatic nitrogens is 1. The van der Waals surface area contributed by atoms with Gasteiger partial charge in [0.25, 0.3) is 0 Å². The van der Waals surface area contributed by atoms with E-state index in [1.807, 2.05) is 12.3 Å². The molecule has 0 radical (unpaired) electrons. The molecule has 0 unspecified atom stereocenters. The highest BCUT2D eigenvalue weighted by Crippen LogP contribution is 2.19. The summed E-state index contributed by atoms with van der Waals surface area (Å²) in [7, 11) is 0. The zero-order chi connectivity index (χ0) is 18.1. The summed E-state index contributed by atoms with van der Waals surface area (Å²) in [6.07, 6.45) is 2.81. The Labute approximate surface area is 172 Å². The van der Waals surface area contributed by atoms with Crippen molar-refractivity contribution in [3.8, 4) is 0 Å². The van der Waals surface area contributed by atoms with E-state index in [-0.39, 0.29) is 29.8 Å². The van der Waals surface area contributed by atoms with E-state index in [1.54, 1.807) is 0 Å². The van der Waals surface area contributed by atoms with Crippen LogP contribution in [-0.4, -0.2) is 55.1 Å². The van der Waals surface area contributed by atoms with Gasteiger partial charge in [-0.3, -0.25) is 4.99 Å². The summed E-state index contributed by atoms with van der Waals surface area (Å²) in [5.74, 6) is 0.634. The molecule has 0 spiro atoms. The number of nitrogens with zero attached hydrogens (tertiary/aromatic N) is 2. The fraction of sp³-hybridized carbons (Fsp3) is 0.526. The van der Waals surface area contributed by atoms with E-state index in [0.29, 0.717) is 0 Å². The predicted octanol–water partition coefficient (Wildman–Crippen LogP) is 3.36. The maximum absolute atomic E-state index is 13.3. The largest absolute Gasteiger partial charge is 0.361 e. The number of halogens is 2. The maximum Gasteiger partial charge on any atom is 0.191 e. The molecule has 146 valence electrons. The SMILES string of the molecule is CCNC(=NCCN(CC)CC)NCCc1c[nH]c2cc(F)ccc12.I. The molecular weight excluding hydrogens is 444 g/mol. The van der Waals surface area contributed by atoms with Gasteiger partial charge in [0, 0.05) is 36.7 Å². The Morgan fingerprint density at radius 2 is 1.96 bits per heavy atom. The Morgan fingerprint density at radius 3 is 2.65 bits per heavy atom. The number of hydrogen-bond donors (Lipinski definition) is 3. The highest BCUT2D eigenvalue weighted by molar-refractivity contribution is 14.0. The van der Waals surface area contributed by atoms with Gasteiger partial charge in [0.1, 0.15) is 5.82 Å². The van der Waals surface area contributed by atoms with Crippen molar-refractivity contribution in [3.63, 3.8) is 0 Å². The first kappa shape index (κ1) is 22.7. The molecule has 26 heavy (non-hydrogen) atoms. The third-order valence-electron chi connectivity index (χ3n) is 4.34. The first-order valence-corrected chi connectivity index (χ1v) is 9.17. The molecule has 0 aliphatic carbocycles. The number of aromatic amines is 1. The number of aliphatic imine (C=N–C) groups is 1. The Morgan fingerprint density at radius 1 is 1.19 bits per heavy atom. The van der Waals surface area contributed by atoms with Crippen LogP contribution in [0.5, 0.6) is 0 Å². The molecule has 0 amide bonds. The standard InChI is InChI=1S/C19H30FN5.HI/c1-4-21-19(23-11-12-25(5-2)6-3)22-10-9-15-14-24-18-13-16(20)7-8-17(15)18;/h7-8,13-14,24H,4-6,9-12H2,1-3H3,(H2,21,22,23);1H. The lowest BCUT2D eigenvalue weighted by molar-refractivity contribution is 0.313. The van der Waals surface area contributed by atoms with Crippen molar-refractivity contribution in [1.82, 2.24) is 20.5 Å². The number of fused-ring (bicyclic) bond motifs is 1.